The zero-order valence-corrected chi connectivity index (χ0v) is 14.7. The summed E-state index contributed by atoms with van der Waals surface area (Å²) in [6, 6.07) is 7.11. The first-order valence-electron chi connectivity index (χ1n) is 6.31. The highest BCUT2D eigenvalue weighted by atomic mass is 79.9. The lowest BCUT2D eigenvalue weighted by molar-refractivity contribution is 0.0519. The molecule has 2 rings (SSSR count). The minimum absolute atomic E-state index is 0.160. The van der Waals surface area contributed by atoms with E-state index in [-0.39, 0.29) is 18.1 Å². The number of H-pyrrole nitrogens is 1. The van der Waals surface area contributed by atoms with Crippen LogP contribution in [0.4, 0.5) is 0 Å². The Bertz CT molecular complexity index is 707. The van der Waals surface area contributed by atoms with Crippen LogP contribution in [0.15, 0.2) is 33.2 Å². The van der Waals surface area contributed by atoms with Crippen LogP contribution in [-0.4, -0.2) is 23.3 Å². The van der Waals surface area contributed by atoms with E-state index >= 15 is 0 Å². The van der Waals surface area contributed by atoms with Crippen molar-refractivity contribution in [1.29, 1.82) is 0 Å². The minimum atomic E-state index is -0.485. The number of ether oxygens (including phenoxy) is 1. The van der Waals surface area contributed by atoms with Crippen molar-refractivity contribution in [2.45, 2.75) is 13.8 Å². The quantitative estimate of drug-likeness (QED) is 0.600. The molecule has 0 saturated carbocycles. The van der Waals surface area contributed by atoms with Gasteiger partial charge < -0.3 is 9.72 Å². The van der Waals surface area contributed by atoms with Gasteiger partial charge in [0.05, 0.1) is 16.6 Å². The average molecular weight is 415 g/mol. The summed E-state index contributed by atoms with van der Waals surface area (Å²) in [5.41, 5.74) is 1.86. The third kappa shape index (κ3) is 3.27. The van der Waals surface area contributed by atoms with Crippen LogP contribution in [0.5, 0.6) is 0 Å². The molecular formula is C15H13Br2NO3. The highest BCUT2D eigenvalue weighted by molar-refractivity contribution is 9.10. The topological polar surface area (TPSA) is 59.2 Å². The van der Waals surface area contributed by atoms with Crippen LogP contribution >= 0.6 is 31.9 Å². The second kappa shape index (κ2) is 6.58. The normalized spacial score (nSPS) is 10.5. The van der Waals surface area contributed by atoms with Gasteiger partial charge in [-0.1, -0.05) is 28.1 Å². The number of carbonyl (C=O) groups excluding carboxylic acids is 2. The second-order valence-corrected chi connectivity index (χ2v) is 6.08. The van der Waals surface area contributed by atoms with Crippen molar-refractivity contribution < 1.29 is 14.3 Å². The summed E-state index contributed by atoms with van der Waals surface area (Å²) in [6.45, 7) is 3.76. The number of halogens is 2. The van der Waals surface area contributed by atoms with Gasteiger partial charge >= 0.3 is 5.97 Å². The van der Waals surface area contributed by atoms with Crippen molar-refractivity contribution >= 4 is 43.6 Å². The number of ketones is 1. The van der Waals surface area contributed by atoms with Crippen LogP contribution in [0, 0.1) is 6.92 Å². The van der Waals surface area contributed by atoms with Crippen LogP contribution in [-0.2, 0) is 4.74 Å². The molecule has 0 bridgehead atoms. The van der Waals surface area contributed by atoms with E-state index in [1.54, 1.807) is 32.0 Å². The van der Waals surface area contributed by atoms with E-state index in [0.29, 0.717) is 21.3 Å². The molecule has 0 spiro atoms. The molecule has 110 valence electrons. The van der Waals surface area contributed by atoms with Gasteiger partial charge in [0.15, 0.2) is 5.78 Å². The number of aromatic amines is 1. The maximum absolute atomic E-state index is 12.6. The summed E-state index contributed by atoms with van der Waals surface area (Å²) in [5.74, 6) is -0.645. The van der Waals surface area contributed by atoms with Gasteiger partial charge in [0.25, 0.3) is 0 Å². The first kappa shape index (κ1) is 16.0. The van der Waals surface area contributed by atoms with E-state index in [2.05, 4.69) is 36.8 Å². The molecule has 1 aromatic carbocycles. The van der Waals surface area contributed by atoms with Crippen LogP contribution in [0.25, 0.3) is 0 Å². The van der Waals surface area contributed by atoms with Crippen molar-refractivity contribution in [3.05, 3.63) is 55.7 Å². The molecule has 21 heavy (non-hydrogen) atoms. The molecule has 0 aliphatic rings. The Balaban J connectivity index is 2.45. The van der Waals surface area contributed by atoms with Crippen molar-refractivity contribution in [2.75, 3.05) is 6.61 Å². The molecule has 2 aromatic rings. The van der Waals surface area contributed by atoms with Crippen LogP contribution in [0.1, 0.15) is 39.0 Å². The number of nitrogens with one attached hydrogen (secondary N) is 1. The molecule has 0 atom stereocenters. The zero-order valence-electron chi connectivity index (χ0n) is 11.5. The Labute approximate surface area is 139 Å². The molecule has 0 aliphatic carbocycles. The number of carbonyl (C=O) groups is 2. The highest BCUT2D eigenvalue weighted by Crippen LogP contribution is 2.28. The molecule has 4 nitrogen and oxygen atoms in total. The lowest BCUT2D eigenvalue weighted by atomic mass is 10.0. The van der Waals surface area contributed by atoms with Crippen molar-refractivity contribution in [2.24, 2.45) is 0 Å². The van der Waals surface area contributed by atoms with Crippen LogP contribution < -0.4 is 0 Å². The molecule has 1 N–H and O–H groups in total. The molecule has 0 aliphatic heterocycles. The molecule has 0 unspecified atom stereocenters. The summed E-state index contributed by atoms with van der Waals surface area (Å²) in [7, 11) is 0. The molecule has 0 radical (unpaired) electrons. The first-order valence-corrected chi connectivity index (χ1v) is 7.89. The third-order valence-electron chi connectivity index (χ3n) is 2.92. The largest absolute Gasteiger partial charge is 0.461 e. The zero-order chi connectivity index (χ0) is 15.6. The van der Waals surface area contributed by atoms with Gasteiger partial charge in [-0.05, 0) is 41.9 Å². The fourth-order valence-electron chi connectivity index (χ4n) is 1.98. The maximum atomic E-state index is 12.6. The van der Waals surface area contributed by atoms with E-state index in [1.165, 1.54) is 0 Å². The minimum Gasteiger partial charge on any atom is -0.461 e. The summed E-state index contributed by atoms with van der Waals surface area (Å²) in [5, 5.41) is 0. The number of aromatic nitrogens is 1. The van der Waals surface area contributed by atoms with Gasteiger partial charge in [-0.2, -0.15) is 0 Å². The lowest BCUT2D eigenvalue weighted by Gasteiger charge is -2.03. The second-order valence-electron chi connectivity index (χ2n) is 4.37. The van der Waals surface area contributed by atoms with E-state index in [4.69, 9.17) is 4.74 Å². The predicted molar refractivity (Wildman–Crippen MR) is 86.8 cm³/mol. The summed E-state index contributed by atoms with van der Waals surface area (Å²) in [6.07, 6.45) is 0. The molecule has 1 heterocycles. The van der Waals surface area contributed by atoms with E-state index in [1.807, 2.05) is 6.07 Å². The number of hydrogen-bond acceptors (Lipinski definition) is 3. The number of aryl methyl sites for hydroxylation is 1. The van der Waals surface area contributed by atoms with Gasteiger partial charge in [-0.25, -0.2) is 4.79 Å². The summed E-state index contributed by atoms with van der Waals surface area (Å²) >= 11 is 6.67. The van der Waals surface area contributed by atoms with Crippen molar-refractivity contribution in [1.82, 2.24) is 4.98 Å². The standard InChI is InChI=1S/C15H13Br2NO3/c1-3-21-15(20)13-12(17)11(8(2)18-13)14(19)9-5-4-6-10(16)7-9/h4-7,18H,3H2,1-2H3. The Morgan fingerprint density at radius 3 is 2.62 bits per heavy atom. The SMILES string of the molecule is CCOC(=O)c1[nH]c(C)c(C(=O)c2cccc(Br)c2)c1Br. The van der Waals surface area contributed by atoms with Gasteiger partial charge in [0.1, 0.15) is 5.69 Å². The van der Waals surface area contributed by atoms with Gasteiger partial charge in [-0.15, -0.1) is 0 Å². The highest BCUT2D eigenvalue weighted by Gasteiger charge is 2.24. The summed E-state index contributed by atoms with van der Waals surface area (Å²) < 4.78 is 6.22. The monoisotopic (exact) mass is 413 g/mol. The molecule has 0 amide bonds. The van der Waals surface area contributed by atoms with Crippen LogP contribution in [0.2, 0.25) is 0 Å². The average Bonchev–Trinajstić information content (AvgIpc) is 2.73. The van der Waals surface area contributed by atoms with E-state index < -0.39 is 5.97 Å². The number of hydrogen-bond donors (Lipinski definition) is 1. The van der Waals surface area contributed by atoms with Crippen molar-refractivity contribution in [3.63, 3.8) is 0 Å². The van der Waals surface area contributed by atoms with E-state index in [9.17, 15) is 9.59 Å². The maximum Gasteiger partial charge on any atom is 0.355 e. The molecule has 0 saturated heterocycles. The molecular weight excluding hydrogens is 402 g/mol. The number of rotatable bonds is 4. The van der Waals surface area contributed by atoms with E-state index in [0.717, 1.165) is 4.47 Å². The van der Waals surface area contributed by atoms with Gasteiger partial charge in [0, 0.05) is 15.7 Å². The lowest BCUT2D eigenvalue weighted by Crippen LogP contribution is -2.06. The Hall–Kier alpha value is -1.40. The fourth-order valence-corrected chi connectivity index (χ4v) is 3.12. The van der Waals surface area contributed by atoms with Gasteiger partial charge in [-0.3, -0.25) is 4.79 Å². The first-order chi connectivity index (χ1) is 9.95. The Morgan fingerprint density at radius 1 is 1.29 bits per heavy atom. The smallest absolute Gasteiger partial charge is 0.355 e. The summed E-state index contributed by atoms with van der Waals surface area (Å²) in [4.78, 5) is 27.4. The fraction of sp³-hybridized carbons (Fsp3) is 0.200. The number of esters is 1. The van der Waals surface area contributed by atoms with Crippen molar-refractivity contribution in [3.8, 4) is 0 Å². The Kier molecular flexibility index (Phi) is 5.00. The third-order valence-corrected chi connectivity index (χ3v) is 4.21. The molecule has 0 fully saturated rings. The Morgan fingerprint density at radius 2 is 2.00 bits per heavy atom. The predicted octanol–water partition coefficient (Wildman–Crippen LogP) is 4.26. The number of benzene rings is 1. The van der Waals surface area contributed by atoms with Gasteiger partial charge in [0.2, 0.25) is 0 Å². The molecule has 1 aromatic heterocycles. The molecule has 6 heteroatoms. The van der Waals surface area contributed by atoms with Crippen LogP contribution in [0.3, 0.4) is 0 Å².